The molecule has 2 aliphatic heterocycles. The number of halogens is 5. The Balaban J connectivity index is 1.11. The molecule has 41 heavy (non-hydrogen) atoms. The summed E-state index contributed by atoms with van der Waals surface area (Å²) in [6.45, 7) is 6.34. The number of aliphatic hydroxyl groups is 1. The zero-order chi connectivity index (χ0) is 29.2. The number of benzene rings is 2. The number of aliphatic hydroxyl groups excluding tert-OH is 1. The summed E-state index contributed by atoms with van der Waals surface area (Å²) in [5, 5.41) is 9.59. The fourth-order valence-corrected chi connectivity index (χ4v) is 6.97. The lowest BCUT2D eigenvalue weighted by Crippen LogP contribution is -2.53. The van der Waals surface area contributed by atoms with E-state index in [1.807, 2.05) is 15.9 Å². The van der Waals surface area contributed by atoms with Gasteiger partial charge >= 0.3 is 6.18 Å². The third kappa shape index (κ3) is 6.48. The average Bonchev–Trinajstić information content (AvgIpc) is 3.40. The van der Waals surface area contributed by atoms with Gasteiger partial charge in [0.2, 0.25) is 0 Å². The monoisotopic (exact) mass is 576 g/mol. The summed E-state index contributed by atoms with van der Waals surface area (Å²) in [5.41, 5.74) is 1.26. The molecule has 1 N–H and O–H groups in total. The Labute approximate surface area is 240 Å². The van der Waals surface area contributed by atoms with Gasteiger partial charge in [-0.2, -0.15) is 13.2 Å². The smallest absolute Gasteiger partial charge is 0.394 e. The fraction of sp³-hybridized carbons (Fsp3) is 0.576. The largest absolute Gasteiger partial charge is 0.395 e. The van der Waals surface area contributed by atoms with Gasteiger partial charge in [-0.3, -0.25) is 0 Å². The molecule has 2 saturated heterocycles. The van der Waals surface area contributed by atoms with Crippen LogP contribution in [0.15, 0.2) is 43.0 Å². The molecule has 3 aliphatic rings. The van der Waals surface area contributed by atoms with E-state index in [4.69, 9.17) is 0 Å². The van der Waals surface area contributed by atoms with Crippen LogP contribution in [0.25, 0.3) is 16.8 Å². The fourth-order valence-electron chi connectivity index (χ4n) is 6.97. The first-order chi connectivity index (χ1) is 19.6. The summed E-state index contributed by atoms with van der Waals surface area (Å²) >= 11 is 0. The number of alkyl halides is 3. The van der Waals surface area contributed by atoms with E-state index in [1.165, 1.54) is 12.1 Å². The zero-order valence-corrected chi connectivity index (χ0v) is 23.7. The maximum Gasteiger partial charge on any atom is 0.395 e. The number of likely N-dealkylation sites (tertiary alicyclic amines) is 2. The van der Waals surface area contributed by atoms with Crippen LogP contribution in [-0.4, -0.2) is 59.9 Å². The minimum Gasteiger partial charge on any atom is -0.394 e. The Morgan fingerprint density at radius 1 is 0.927 bits per heavy atom. The Morgan fingerprint density at radius 3 is 2.20 bits per heavy atom. The van der Waals surface area contributed by atoms with Gasteiger partial charge in [-0.25, -0.2) is 8.78 Å². The highest BCUT2D eigenvalue weighted by Crippen LogP contribution is 2.53. The Kier molecular flexibility index (Phi) is 9.10. The van der Waals surface area contributed by atoms with E-state index in [1.54, 1.807) is 18.2 Å². The third-order valence-electron chi connectivity index (χ3n) is 9.80. The molecule has 0 bridgehead atoms. The van der Waals surface area contributed by atoms with Gasteiger partial charge in [0, 0.05) is 24.4 Å². The molecule has 0 aromatic heterocycles. The summed E-state index contributed by atoms with van der Waals surface area (Å²) in [5.74, 6) is -0.277. The highest BCUT2D eigenvalue weighted by molar-refractivity contribution is 5.70. The van der Waals surface area contributed by atoms with Crippen molar-refractivity contribution in [2.75, 3.05) is 32.8 Å². The minimum absolute atomic E-state index is 0.00947. The third-order valence-corrected chi connectivity index (χ3v) is 9.80. The van der Waals surface area contributed by atoms with Crippen LogP contribution in [0.1, 0.15) is 68.9 Å². The van der Waals surface area contributed by atoms with Crippen molar-refractivity contribution in [3.05, 3.63) is 65.7 Å². The van der Waals surface area contributed by atoms with E-state index in [9.17, 15) is 18.3 Å². The molecular weight excluding hydrogens is 535 g/mol. The van der Waals surface area contributed by atoms with Crippen molar-refractivity contribution < 1.29 is 27.1 Å². The molecule has 1 saturated carbocycles. The average molecular weight is 577 g/mol. The molecule has 0 spiro atoms. The van der Waals surface area contributed by atoms with E-state index in [-0.39, 0.29) is 37.9 Å². The Morgan fingerprint density at radius 2 is 1.61 bits per heavy atom. The normalized spacial score (nSPS) is 21.7. The molecular formula is C33H41F5N2O. The van der Waals surface area contributed by atoms with Gasteiger partial charge in [0.15, 0.2) is 0 Å². The van der Waals surface area contributed by atoms with Crippen LogP contribution >= 0.6 is 0 Å². The second-order valence-corrected chi connectivity index (χ2v) is 12.4. The highest BCUT2D eigenvalue weighted by Gasteiger charge is 2.58. The van der Waals surface area contributed by atoms with Gasteiger partial charge in [0.25, 0.3) is 0 Å². The summed E-state index contributed by atoms with van der Waals surface area (Å²) in [7, 11) is 0. The van der Waals surface area contributed by atoms with Crippen LogP contribution in [0.2, 0.25) is 0 Å². The first kappa shape index (κ1) is 30.0. The number of rotatable bonds is 10. The molecule has 1 unspecified atom stereocenters. The van der Waals surface area contributed by atoms with Crippen molar-refractivity contribution in [3.63, 3.8) is 0 Å². The van der Waals surface area contributed by atoms with E-state index in [0.717, 1.165) is 45.1 Å². The molecule has 1 atom stereocenters. The van der Waals surface area contributed by atoms with Crippen molar-refractivity contribution in [2.45, 2.75) is 76.4 Å². The molecule has 8 heteroatoms. The first-order valence-corrected chi connectivity index (χ1v) is 15.0. The highest BCUT2D eigenvalue weighted by atomic mass is 19.4. The molecule has 2 aromatic carbocycles. The molecule has 3 nitrogen and oxygen atoms in total. The second-order valence-electron chi connectivity index (χ2n) is 12.4. The maximum atomic E-state index is 15.1. The Hall–Kier alpha value is -2.45. The van der Waals surface area contributed by atoms with Gasteiger partial charge < -0.3 is 14.9 Å². The molecule has 0 amide bonds. The van der Waals surface area contributed by atoms with Crippen molar-refractivity contribution in [1.29, 1.82) is 0 Å². The topological polar surface area (TPSA) is 26.7 Å². The van der Waals surface area contributed by atoms with Crippen molar-refractivity contribution >= 4 is 5.70 Å². The second kappa shape index (κ2) is 12.4. The van der Waals surface area contributed by atoms with Crippen LogP contribution in [0.3, 0.4) is 0 Å². The molecule has 2 aromatic rings. The summed E-state index contributed by atoms with van der Waals surface area (Å²) < 4.78 is 70.6. The van der Waals surface area contributed by atoms with Gasteiger partial charge in [0.1, 0.15) is 11.6 Å². The van der Waals surface area contributed by atoms with Crippen LogP contribution in [0.5, 0.6) is 0 Å². The van der Waals surface area contributed by atoms with Crippen LogP contribution in [0.4, 0.5) is 22.0 Å². The molecule has 0 radical (unpaired) electrons. The zero-order valence-electron chi connectivity index (χ0n) is 23.7. The minimum atomic E-state index is -4.12. The standard InChI is InChI=1S/C33H41F5N2O/c1-23(40-16-3-7-28(40)21-41)29-11-10-27(20-31(29)35)26-9-8-25(30(34)19-26)6-2-5-24-12-17-39(18-13-24)22-32(14-4-15-32)33(36,37)38/h8-11,19-20,24,28,41H,1-7,12-18,21-22H2. The number of piperidine rings is 1. The maximum absolute atomic E-state index is 15.1. The molecule has 2 heterocycles. The molecule has 224 valence electrons. The van der Waals surface area contributed by atoms with Crippen molar-refractivity contribution in [1.82, 2.24) is 9.80 Å². The van der Waals surface area contributed by atoms with Crippen LogP contribution in [0, 0.1) is 23.0 Å². The summed E-state index contributed by atoms with van der Waals surface area (Å²) in [6, 6.07) is 9.85. The number of hydrogen-bond donors (Lipinski definition) is 1. The number of nitrogens with zero attached hydrogens (tertiary/aromatic N) is 2. The summed E-state index contributed by atoms with van der Waals surface area (Å²) in [6.07, 6.45) is 2.97. The quantitative estimate of drug-likeness (QED) is 0.292. The van der Waals surface area contributed by atoms with E-state index in [2.05, 4.69) is 6.58 Å². The Bertz CT molecular complexity index is 1220. The molecule has 5 rings (SSSR count). The van der Waals surface area contributed by atoms with Crippen LogP contribution in [-0.2, 0) is 6.42 Å². The predicted molar refractivity (Wildman–Crippen MR) is 152 cm³/mol. The van der Waals surface area contributed by atoms with Gasteiger partial charge in [-0.15, -0.1) is 0 Å². The SMILES string of the molecule is C=C(c1ccc(-c2ccc(CCCC3CCN(CC4(C(F)(F)F)CCC4)CC3)c(F)c2)cc1F)N1CCCC1CO. The summed E-state index contributed by atoms with van der Waals surface area (Å²) in [4.78, 5) is 3.94. The number of hydrogen-bond acceptors (Lipinski definition) is 3. The molecule has 3 fully saturated rings. The van der Waals surface area contributed by atoms with Gasteiger partial charge in [-0.05, 0) is 105 Å². The lowest BCUT2D eigenvalue weighted by atomic mass is 9.67. The lowest BCUT2D eigenvalue weighted by molar-refractivity contribution is -0.256. The first-order valence-electron chi connectivity index (χ1n) is 15.0. The van der Waals surface area contributed by atoms with Gasteiger partial charge in [0.05, 0.1) is 18.1 Å². The predicted octanol–water partition coefficient (Wildman–Crippen LogP) is 7.83. The van der Waals surface area contributed by atoms with Crippen molar-refractivity contribution in [3.8, 4) is 11.1 Å². The van der Waals surface area contributed by atoms with Crippen LogP contribution < -0.4 is 0 Å². The lowest BCUT2D eigenvalue weighted by Gasteiger charge is -2.47. The van der Waals surface area contributed by atoms with E-state index >= 15 is 8.78 Å². The van der Waals surface area contributed by atoms with Crippen molar-refractivity contribution in [2.24, 2.45) is 11.3 Å². The van der Waals surface area contributed by atoms with Gasteiger partial charge in [-0.1, -0.05) is 37.6 Å². The van der Waals surface area contributed by atoms with E-state index in [0.29, 0.717) is 59.8 Å². The molecule has 1 aliphatic carbocycles. The number of aryl methyl sites for hydroxylation is 1. The van der Waals surface area contributed by atoms with E-state index < -0.39 is 17.4 Å².